The summed E-state index contributed by atoms with van der Waals surface area (Å²) in [6.45, 7) is 2.16. The second-order valence-electron chi connectivity index (χ2n) is 4.83. The van der Waals surface area contributed by atoms with Gasteiger partial charge in [-0.2, -0.15) is 0 Å². The van der Waals surface area contributed by atoms with Gasteiger partial charge in [-0.1, -0.05) is 6.07 Å². The minimum absolute atomic E-state index is 0.341. The van der Waals surface area contributed by atoms with Gasteiger partial charge in [0.25, 0.3) is 0 Å². The Morgan fingerprint density at radius 1 is 1.32 bits per heavy atom. The zero-order valence-corrected chi connectivity index (χ0v) is 12.2. The van der Waals surface area contributed by atoms with Crippen LogP contribution in [-0.2, 0) is 9.53 Å². The van der Waals surface area contributed by atoms with E-state index in [0.717, 1.165) is 27.6 Å². The average Bonchev–Trinajstić information content (AvgIpc) is 3.01. The zero-order valence-electron chi connectivity index (χ0n) is 12.2. The van der Waals surface area contributed by atoms with Gasteiger partial charge in [0.05, 0.1) is 6.61 Å². The van der Waals surface area contributed by atoms with E-state index in [1.807, 2.05) is 30.5 Å². The van der Waals surface area contributed by atoms with Crippen LogP contribution in [0.15, 0.2) is 55.0 Å². The molecule has 4 nitrogen and oxygen atoms in total. The number of hydrogen-bond donors (Lipinski definition) is 1. The van der Waals surface area contributed by atoms with Gasteiger partial charge in [-0.15, -0.1) is 0 Å². The fraction of sp³-hybridized carbons (Fsp3) is 0.111. The summed E-state index contributed by atoms with van der Waals surface area (Å²) < 4.78 is 4.91. The van der Waals surface area contributed by atoms with Crippen LogP contribution in [0.4, 0.5) is 0 Å². The van der Waals surface area contributed by atoms with Crippen LogP contribution in [0.2, 0.25) is 0 Å². The summed E-state index contributed by atoms with van der Waals surface area (Å²) in [6.07, 6.45) is 8.63. The number of aromatic amines is 1. The van der Waals surface area contributed by atoms with Gasteiger partial charge in [-0.3, -0.25) is 4.98 Å². The number of esters is 1. The number of fused-ring (bicyclic) bond motifs is 1. The van der Waals surface area contributed by atoms with E-state index in [4.69, 9.17) is 4.74 Å². The van der Waals surface area contributed by atoms with Crippen LogP contribution in [0.25, 0.3) is 28.1 Å². The molecule has 0 amide bonds. The molecule has 4 heteroatoms. The van der Waals surface area contributed by atoms with Crippen molar-refractivity contribution in [2.75, 3.05) is 6.61 Å². The molecule has 0 unspecified atom stereocenters. The van der Waals surface area contributed by atoms with Gasteiger partial charge in [-0.25, -0.2) is 4.79 Å². The molecule has 1 aromatic carbocycles. The van der Waals surface area contributed by atoms with Gasteiger partial charge in [-0.05, 0) is 53.8 Å². The SMILES string of the molecule is CCOC(=O)/C=C/c1ccncc1-c1ccc2[nH]ccc2c1. The highest BCUT2D eigenvalue weighted by Gasteiger charge is 2.05. The second kappa shape index (κ2) is 6.26. The number of rotatable bonds is 4. The highest BCUT2D eigenvalue weighted by molar-refractivity contribution is 5.90. The van der Waals surface area contributed by atoms with Crippen LogP contribution in [0.5, 0.6) is 0 Å². The van der Waals surface area contributed by atoms with Crippen molar-refractivity contribution in [1.82, 2.24) is 9.97 Å². The maximum Gasteiger partial charge on any atom is 0.330 e. The van der Waals surface area contributed by atoms with Crippen molar-refractivity contribution >= 4 is 22.9 Å². The van der Waals surface area contributed by atoms with E-state index in [9.17, 15) is 4.79 Å². The molecule has 110 valence electrons. The Kier molecular flexibility index (Phi) is 4.01. The number of aromatic nitrogens is 2. The lowest BCUT2D eigenvalue weighted by Gasteiger charge is -2.06. The predicted molar refractivity (Wildman–Crippen MR) is 87.2 cm³/mol. The Labute approximate surface area is 128 Å². The molecule has 0 radical (unpaired) electrons. The number of ether oxygens (including phenoxy) is 1. The molecule has 0 aliphatic heterocycles. The third kappa shape index (κ3) is 2.91. The van der Waals surface area contributed by atoms with Gasteiger partial charge >= 0.3 is 5.97 Å². The lowest BCUT2D eigenvalue weighted by molar-refractivity contribution is -0.137. The third-order valence-electron chi connectivity index (χ3n) is 3.40. The van der Waals surface area contributed by atoms with E-state index < -0.39 is 0 Å². The van der Waals surface area contributed by atoms with Gasteiger partial charge in [0.1, 0.15) is 0 Å². The summed E-state index contributed by atoms with van der Waals surface area (Å²) in [5, 5.41) is 1.14. The van der Waals surface area contributed by atoms with E-state index in [1.54, 1.807) is 25.4 Å². The first-order valence-electron chi connectivity index (χ1n) is 7.14. The normalized spacial score (nSPS) is 11.1. The summed E-state index contributed by atoms with van der Waals surface area (Å²) in [4.78, 5) is 18.8. The minimum atomic E-state index is -0.341. The average molecular weight is 292 g/mol. The monoisotopic (exact) mass is 292 g/mol. The van der Waals surface area contributed by atoms with Crippen LogP contribution in [-0.4, -0.2) is 22.5 Å². The maximum atomic E-state index is 11.5. The molecule has 0 atom stereocenters. The zero-order chi connectivity index (χ0) is 15.4. The third-order valence-corrected chi connectivity index (χ3v) is 3.40. The van der Waals surface area contributed by atoms with E-state index >= 15 is 0 Å². The van der Waals surface area contributed by atoms with Gasteiger partial charge < -0.3 is 9.72 Å². The Morgan fingerprint density at radius 2 is 2.23 bits per heavy atom. The number of pyridine rings is 1. The Morgan fingerprint density at radius 3 is 3.09 bits per heavy atom. The molecule has 0 aliphatic rings. The molecule has 0 spiro atoms. The standard InChI is InChI=1S/C18H16N2O2/c1-2-22-18(21)6-4-13-7-9-19-12-16(13)14-3-5-17-15(11-14)8-10-20-17/h3-12,20H,2H2,1H3/b6-4+. The van der Waals surface area contributed by atoms with Crippen molar-refractivity contribution in [2.45, 2.75) is 6.92 Å². The van der Waals surface area contributed by atoms with Crippen molar-refractivity contribution in [3.63, 3.8) is 0 Å². The second-order valence-corrected chi connectivity index (χ2v) is 4.83. The molecule has 0 fully saturated rings. The number of H-pyrrole nitrogens is 1. The number of nitrogens with zero attached hydrogens (tertiary/aromatic N) is 1. The smallest absolute Gasteiger partial charge is 0.330 e. The number of hydrogen-bond acceptors (Lipinski definition) is 3. The van der Waals surface area contributed by atoms with Crippen molar-refractivity contribution in [2.24, 2.45) is 0 Å². The van der Waals surface area contributed by atoms with Gasteiger partial charge in [0, 0.05) is 35.7 Å². The van der Waals surface area contributed by atoms with E-state index in [2.05, 4.69) is 16.0 Å². The fourth-order valence-corrected chi connectivity index (χ4v) is 2.36. The molecule has 3 rings (SSSR count). The van der Waals surface area contributed by atoms with Crippen molar-refractivity contribution in [1.29, 1.82) is 0 Å². The highest BCUT2D eigenvalue weighted by atomic mass is 16.5. The van der Waals surface area contributed by atoms with Crippen molar-refractivity contribution < 1.29 is 9.53 Å². The molecule has 0 aliphatic carbocycles. The van der Waals surface area contributed by atoms with E-state index in [-0.39, 0.29) is 5.97 Å². The Balaban J connectivity index is 1.98. The first-order valence-corrected chi connectivity index (χ1v) is 7.14. The highest BCUT2D eigenvalue weighted by Crippen LogP contribution is 2.27. The first kappa shape index (κ1) is 14.1. The van der Waals surface area contributed by atoms with Crippen LogP contribution >= 0.6 is 0 Å². The van der Waals surface area contributed by atoms with E-state index in [1.165, 1.54) is 6.08 Å². The van der Waals surface area contributed by atoms with Gasteiger partial charge in [0.2, 0.25) is 0 Å². The molecule has 0 saturated carbocycles. The van der Waals surface area contributed by atoms with Crippen LogP contribution < -0.4 is 0 Å². The number of benzene rings is 1. The van der Waals surface area contributed by atoms with Crippen molar-refractivity contribution in [3.8, 4) is 11.1 Å². The predicted octanol–water partition coefficient (Wildman–Crippen LogP) is 3.81. The van der Waals surface area contributed by atoms with Crippen LogP contribution in [0.1, 0.15) is 12.5 Å². The quantitative estimate of drug-likeness (QED) is 0.587. The first-order chi connectivity index (χ1) is 10.8. The van der Waals surface area contributed by atoms with Crippen molar-refractivity contribution in [3.05, 3.63) is 60.6 Å². The van der Waals surface area contributed by atoms with E-state index in [0.29, 0.717) is 6.61 Å². The summed E-state index contributed by atoms with van der Waals surface area (Å²) in [6, 6.07) is 10.1. The largest absolute Gasteiger partial charge is 0.463 e. The summed E-state index contributed by atoms with van der Waals surface area (Å²) in [5.74, 6) is -0.341. The molecule has 0 bridgehead atoms. The molecular weight excluding hydrogens is 276 g/mol. The molecule has 2 aromatic heterocycles. The number of carbonyl (C=O) groups excluding carboxylic acids is 1. The maximum absolute atomic E-state index is 11.5. The lowest BCUT2D eigenvalue weighted by Crippen LogP contribution is -1.98. The molecular formula is C18H16N2O2. The molecule has 2 heterocycles. The van der Waals surface area contributed by atoms with Crippen LogP contribution in [0, 0.1) is 0 Å². The lowest BCUT2D eigenvalue weighted by atomic mass is 10.0. The minimum Gasteiger partial charge on any atom is -0.463 e. The summed E-state index contributed by atoms with van der Waals surface area (Å²) in [5.41, 5.74) is 4.06. The Hall–Kier alpha value is -2.88. The Bertz CT molecular complexity index is 834. The molecule has 3 aromatic rings. The van der Waals surface area contributed by atoms with Gasteiger partial charge in [0.15, 0.2) is 0 Å². The number of nitrogens with one attached hydrogen (secondary N) is 1. The summed E-state index contributed by atoms with van der Waals surface area (Å²) >= 11 is 0. The summed E-state index contributed by atoms with van der Waals surface area (Å²) in [7, 11) is 0. The molecule has 1 N–H and O–H groups in total. The fourth-order valence-electron chi connectivity index (χ4n) is 2.36. The number of carbonyl (C=O) groups is 1. The van der Waals surface area contributed by atoms with Crippen LogP contribution in [0.3, 0.4) is 0 Å². The topological polar surface area (TPSA) is 55.0 Å². The molecule has 0 saturated heterocycles. The molecule has 22 heavy (non-hydrogen) atoms.